The Morgan fingerprint density at radius 3 is 2.07 bits per heavy atom. The highest BCUT2D eigenvalue weighted by atomic mass is 16.5. The third-order valence-electron chi connectivity index (χ3n) is 2.49. The topological polar surface area (TPSA) is 9.23 Å². The van der Waals surface area contributed by atoms with Crippen molar-refractivity contribution < 1.29 is 4.74 Å². The standard InChI is InChI=1S/C14H18O/c1-4-6-12(7-5-2)13-8-10-14(15-3)11-9-13/h4-5,8-12H,1-2,6-7H2,3H3. The Bertz CT molecular complexity index is 301. The van der Waals surface area contributed by atoms with Crippen LogP contribution in [0, 0.1) is 0 Å². The number of hydrogen-bond acceptors (Lipinski definition) is 1. The first-order valence-electron chi connectivity index (χ1n) is 5.17. The molecule has 0 N–H and O–H groups in total. The van der Waals surface area contributed by atoms with E-state index in [9.17, 15) is 0 Å². The molecule has 0 saturated heterocycles. The van der Waals surface area contributed by atoms with E-state index in [1.54, 1.807) is 7.11 Å². The van der Waals surface area contributed by atoms with Crippen molar-refractivity contribution in [2.24, 2.45) is 0 Å². The summed E-state index contributed by atoms with van der Waals surface area (Å²) >= 11 is 0. The third-order valence-corrected chi connectivity index (χ3v) is 2.49. The molecule has 0 aliphatic carbocycles. The van der Waals surface area contributed by atoms with Gasteiger partial charge in [-0.2, -0.15) is 0 Å². The highest BCUT2D eigenvalue weighted by Crippen LogP contribution is 2.25. The fraction of sp³-hybridized carbons (Fsp3) is 0.286. The Morgan fingerprint density at radius 1 is 1.13 bits per heavy atom. The van der Waals surface area contributed by atoms with Gasteiger partial charge in [-0.15, -0.1) is 13.2 Å². The van der Waals surface area contributed by atoms with Crippen LogP contribution in [0.1, 0.15) is 24.3 Å². The van der Waals surface area contributed by atoms with E-state index in [0.29, 0.717) is 5.92 Å². The Balaban J connectivity index is 2.80. The minimum atomic E-state index is 0.492. The van der Waals surface area contributed by atoms with Crippen LogP contribution < -0.4 is 4.74 Å². The summed E-state index contributed by atoms with van der Waals surface area (Å²) in [5.74, 6) is 1.39. The highest BCUT2D eigenvalue weighted by molar-refractivity contribution is 5.30. The molecular formula is C14H18O. The van der Waals surface area contributed by atoms with Crippen molar-refractivity contribution in [1.82, 2.24) is 0 Å². The van der Waals surface area contributed by atoms with Crippen LogP contribution in [0.5, 0.6) is 5.75 Å². The summed E-state index contributed by atoms with van der Waals surface area (Å²) in [5, 5.41) is 0. The second-order valence-corrected chi connectivity index (χ2v) is 3.52. The SMILES string of the molecule is C=CCC(CC=C)c1ccc(OC)cc1. The maximum atomic E-state index is 5.13. The van der Waals surface area contributed by atoms with E-state index in [2.05, 4.69) is 25.3 Å². The molecule has 0 bridgehead atoms. The lowest BCUT2D eigenvalue weighted by Crippen LogP contribution is -1.96. The summed E-state index contributed by atoms with van der Waals surface area (Å²) in [4.78, 5) is 0. The van der Waals surface area contributed by atoms with Crippen molar-refractivity contribution in [3.63, 3.8) is 0 Å². The van der Waals surface area contributed by atoms with Gasteiger partial charge in [0, 0.05) is 0 Å². The predicted octanol–water partition coefficient (Wildman–Crippen LogP) is 3.93. The summed E-state index contributed by atoms with van der Waals surface area (Å²) in [6.07, 6.45) is 5.88. The van der Waals surface area contributed by atoms with E-state index < -0.39 is 0 Å². The molecule has 1 rings (SSSR count). The van der Waals surface area contributed by atoms with Crippen LogP contribution in [0.2, 0.25) is 0 Å². The summed E-state index contributed by atoms with van der Waals surface area (Å²) in [7, 11) is 1.68. The molecular weight excluding hydrogens is 184 g/mol. The number of ether oxygens (including phenoxy) is 1. The molecule has 0 saturated carbocycles. The molecule has 0 aliphatic rings. The Hall–Kier alpha value is -1.50. The van der Waals surface area contributed by atoms with Gasteiger partial charge in [-0.05, 0) is 36.5 Å². The summed E-state index contributed by atoms with van der Waals surface area (Å²) < 4.78 is 5.13. The molecule has 15 heavy (non-hydrogen) atoms. The molecule has 1 nitrogen and oxygen atoms in total. The Kier molecular flexibility index (Phi) is 4.69. The van der Waals surface area contributed by atoms with E-state index in [1.165, 1.54) is 5.56 Å². The van der Waals surface area contributed by atoms with Crippen LogP contribution >= 0.6 is 0 Å². The first-order valence-corrected chi connectivity index (χ1v) is 5.17. The molecule has 80 valence electrons. The van der Waals surface area contributed by atoms with Crippen LogP contribution in [0.3, 0.4) is 0 Å². The predicted molar refractivity (Wildman–Crippen MR) is 65.4 cm³/mol. The lowest BCUT2D eigenvalue weighted by Gasteiger charge is -2.13. The molecule has 1 aromatic carbocycles. The van der Waals surface area contributed by atoms with Crippen molar-refractivity contribution in [2.75, 3.05) is 7.11 Å². The molecule has 0 aliphatic heterocycles. The van der Waals surface area contributed by atoms with Crippen LogP contribution in [-0.2, 0) is 0 Å². The van der Waals surface area contributed by atoms with E-state index >= 15 is 0 Å². The lowest BCUT2D eigenvalue weighted by atomic mass is 9.92. The highest BCUT2D eigenvalue weighted by Gasteiger charge is 2.07. The molecule has 0 unspecified atom stereocenters. The number of allylic oxidation sites excluding steroid dienone is 2. The monoisotopic (exact) mass is 202 g/mol. The zero-order valence-corrected chi connectivity index (χ0v) is 9.28. The summed E-state index contributed by atoms with van der Waals surface area (Å²) in [6, 6.07) is 8.20. The largest absolute Gasteiger partial charge is 0.497 e. The second kappa shape index (κ2) is 6.07. The maximum Gasteiger partial charge on any atom is 0.118 e. The smallest absolute Gasteiger partial charge is 0.118 e. The van der Waals surface area contributed by atoms with E-state index in [4.69, 9.17) is 4.74 Å². The number of benzene rings is 1. The first-order chi connectivity index (χ1) is 7.31. The maximum absolute atomic E-state index is 5.13. The third kappa shape index (κ3) is 3.28. The number of rotatable bonds is 6. The van der Waals surface area contributed by atoms with Crippen molar-refractivity contribution in [3.05, 3.63) is 55.1 Å². The fourth-order valence-electron chi connectivity index (χ4n) is 1.65. The average molecular weight is 202 g/mol. The molecule has 1 aromatic rings. The molecule has 0 heterocycles. The molecule has 0 spiro atoms. The minimum Gasteiger partial charge on any atom is -0.497 e. The minimum absolute atomic E-state index is 0.492. The zero-order chi connectivity index (χ0) is 11.1. The van der Waals surface area contributed by atoms with Gasteiger partial charge in [-0.1, -0.05) is 24.3 Å². The van der Waals surface area contributed by atoms with Gasteiger partial charge < -0.3 is 4.74 Å². The number of methoxy groups -OCH3 is 1. The summed E-state index contributed by atoms with van der Waals surface area (Å²) in [6.45, 7) is 7.57. The van der Waals surface area contributed by atoms with Gasteiger partial charge in [-0.25, -0.2) is 0 Å². The molecule has 0 aromatic heterocycles. The van der Waals surface area contributed by atoms with E-state index in [1.807, 2.05) is 24.3 Å². The normalized spacial score (nSPS) is 10.0. The molecule has 0 fully saturated rings. The molecule has 0 amide bonds. The fourth-order valence-corrected chi connectivity index (χ4v) is 1.65. The summed E-state index contributed by atoms with van der Waals surface area (Å²) in [5.41, 5.74) is 1.32. The molecule has 0 atom stereocenters. The van der Waals surface area contributed by atoms with Crippen molar-refractivity contribution in [2.45, 2.75) is 18.8 Å². The van der Waals surface area contributed by atoms with Crippen LogP contribution in [-0.4, -0.2) is 7.11 Å². The van der Waals surface area contributed by atoms with Gasteiger partial charge >= 0.3 is 0 Å². The quantitative estimate of drug-likeness (QED) is 0.635. The van der Waals surface area contributed by atoms with Crippen LogP contribution in [0.25, 0.3) is 0 Å². The first kappa shape index (κ1) is 11.6. The average Bonchev–Trinajstić information content (AvgIpc) is 2.29. The van der Waals surface area contributed by atoms with Crippen LogP contribution in [0.15, 0.2) is 49.6 Å². The van der Waals surface area contributed by atoms with Gasteiger partial charge in [0.2, 0.25) is 0 Å². The lowest BCUT2D eigenvalue weighted by molar-refractivity contribution is 0.414. The van der Waals surface area contributed by atoms with Gasteiger partial charge in [0.05, 0.1) is 7.11 Å². The second-order valence-electron chi connectivity index (χ2n) is 3.52. The van der Waals surface area contributed by atoms with Crippen molar-refractivity contribution in [1.29, 1.82) is 0 Å². The van der Waals surface area contributed by atoms with Gasteiger partial charge in [0.1, 0.15) is 5.75 Å². The van der Waals surface area contributed by atoms with Crippen molar-refractivity contribution >= 4 is 0 Å². The Labute approximate surface area is 92.1 Å². The van der Waals surface area contributed by atoms with Gasteiger partial charge in [0.25, 0.3) is 0 Å². The molecule has 1 heteroatoms. The van der Waals surface area contributed by atoms with Gasteiger partial charge in [-0.3, -0.25) is 0 Å². The number of hydrogen-bond donors (Lipinski definition) is 0. The zero-order valence-electron chi connectivity index (χ0n) is 9.28. The van der Waals surface area contributed by atoms with E-state index in [-0.39, 0.29) is 0 Å². The van der Waals surface area contributed by atoms with Crippen LogP contribution in [0.4, 0.5) is 0 Å². The van der Waals surface area contributed by atoms with Gasteiger partial charge in [0.15, 0.2) is 0 Å². The Morgan fingerprint density at radius 2 is 1.67 bits per heavy atom. The van der Waals surface area contributed by atoms with Crippen molar-refractivity contribution in [3.8, 4) is 5.75 Å². The van der Waals surface area contributed by atoms with E-state index in [0.717, 1.165) is 18.6 Å². The molecule has 0 radical (unpaired) electrons.